The minimum atomic E-state index is 0. The molecule has 7 heavy (non-hydrogen) atoms. The van der Waals surface area contributed by atoms with Gasteiger partial charge in [0.25, 0.3) is 0 Å². The van der Waals surface area contributed by atoms with Crippen molar-refractivity contribution in [3.05, 3.63) is 0 Å². The van der Waals surface area contributed by atoms with Crippen LogP contribution in [-0.4, -0.2) is 17.0 Å². The van der Waals surface area contributed by atoms with Crippen LogP contribution in [0.15, 0.2) is 0 Å². The molecule has 0 unspecified atom stereocenters. The minimum Gasteiger partial charge on any atom is -0.243 e. The maximum atomic E-state index is 3.31. The van der Waals surface area contributed by atoms with Crippen LogP contribution >= 0.6 is 28.6 Å². The second-order valence-electron chi connectivity index (χ2n) is 1.10. The van der Waals surface area contributed by atoms with E-state index in [0.717, 1.165) is 13.1 Å². The summed E-state index contributed by atoms with van der Waals surface area (Å²) in [5.41, 5.74) is 0. The first-order chi connectivity index (χ1) is 2.81. The van der Waals surface area contributed by atoms with E-state index >= 15 is 0 Å². The lowest BCUT2D eigenvalue weighted by Crippen LogP contribution is -2.07. The fourth-order valence-corrected chi connectivity index (χ4v) is 0.224. The van der Waals surface area contributed by atoms with Gasteiger partial charge in [0, 0.05) is 29.2 Å². The number of hydrogen-bond acceptors (Lipinski definition) is 1. The van der Waals surface area contributed by atoms with Gasteiger partial charge in [-0.25, -0.2) is 3.93 Å². The summed E-state index contributed by atoms with van der Waals surface area (Å²) in [4.78, 5) is 0. The molecular formula is C4H11BrClN. The summed E-state index contributed by atoms with van der Waals surface area (Å²) < 4.78 is 2.06. The monoisotopic (exact) mass is 187 g/mol. The topological polar surface area (TPSA) is 3.24 Å². The predicted molar refractivity (Wildman–Crippen MR) is 39.1 cm³/mol. The third-order valence-electron chi connectivity index (χ3n) is 0.686. The van der Waals surface area contributed by atoms with Gasteiger partial charge in [-0.1, -0.05) is 13.8 Å². The number of hydrogen-bond donors (Lipinski definition) is 0. The zero-order valence-corrected chi connectivity index (χ0v) is 7.05. The van der Waals surface area contributed by atoms with Crippen molar-refractivity contribution in [1.82, 2.24) is 3.93 Å². The van der Waals surface area contributed by atoms with E-state index in [1.54, 1.807) is 0 Å². The van der Waals surface area contributed by atoms with Crippen LogP contribution in [0, 0.1) is 0 Å². The van der Waals surface area contributed by atoms with Crippen molar-refractivity contribution in [3.63, 3.8) is 0 Å². The Morgan fingerprint density at radius 1 is 1.29 bits per heavy atom. The lowest BCUT2D eigenvalue weighted by molar-refractivity contribution is 0.544. The summed E-state index contributed by atoms with van der Waals surface area (Å²) in [6.07, 6.45) is 0. The Bertz CT molecular complexity index is 30.9. The number of nitrogens with zero attached hydrogens (tertiary/aromatic N) is 1. The van der Waals surface area contributed by atoms with Crippen LogP contribution in [0.25, 0.3) is 0 Å². The SMILES string of the molecule is CCN(Br)CC.Cl. The molecule has 0 atom stereocenters. The molecule has 1 nitrogen and oxygen atoms in total. The fourth-order valence-electron chi connectivity index (χ4n) is 0.224. The zero-order valence-electron chi connectivity index (χ0n) is 4.65. The molecule has 0 heterocycles. The Morgan fingerprint density at radius 3 is 1.57 bits per heavy atom. The van der Waals surface area contributed by atoms with Crippen molar-refractivity contribution in [2.24, 2.45) is 0 Å². The smallest absolute Gasteiger partial charge is 0.0119 e. The van der Waals surface area contributed by atoms with Gasteiger partial charge in [0.2, 0.25) is 0 Å². The average Bonchev–Trinajstić information content (AvgIpc) is 1.65. The van der Waals surface area contributed by atoms with Crippen LogP contribution in [0.3, 0.4) is 0 Å². The van der Waals surface area contributed by atoms with Crippen molar-refractivity contribution in [2.75, 3.05) is 13.1 Å². The van der Waals surface area contributed by atoms with Crippen LogP contribution in [0.2, 0.25) is 0 Å². The van der Waals surface area contributed by atoms with Gasteiger partial charge in [0.05, 0.1) is 0 Å². The molecule has 0 spiro atoms. The molecule has 0 bridgehead atoms. The van der Waals surface area contributed by atoms with E-state index in [-0.39, 0.29) is 12.4 Å². The molecular weight excluding hydrogens is 177 g/mol. The molecule has 0 saturated heterocycles. The van der Waals surface area contributed by atoms with E-state index < -0.39 is 0 Å². The average molecular weight is 188 g/mol. The van der Waals surface area contributed by atoms with Crippen LogP contribution in [-0.2, 0) is 0 Å². The quantitative estimate of drug-likeness (QED) is 0.600. The van der Waals surface area contributed by atoms with E-state index in [0.29, 0.717) is 0 Å². The van der Waals surface area contributed by atoms with Gasteiger partial charge < -0.3 is 0 Å². The van der Waals surface area contributed by atoms with E-state index in [1.165, 1.54) is 0 Å². The van der Waals surface area contributed by atoms with Crippen LogP contribution in [0.4, 0.5) is 0 Å². The largest absolute Gasteiger partial charge is 0.243 e. The standard InChI is InChI=1S/C4H10BrN.ClH/c1-3-6(5)4-2;/h3-4H2,1-2H3;1H. The van der Waals surface area contributed by atoms with Crippen molar-refractivity contribution >= 4 is 28.6 Å². The molecule has 0 aromatic heterocycles. The molecule has 0 fully saturated rings. The summed E-state index contributed by atoms with van der Waals surface area (Å²) in [7, 11) is 0. The molecule has 0 aliphatic rings. The molecule has 0 saturated carbocycles. The molecule has 0 rings (SSSR count). The van der Waals surface area contributed by atoms with Crippen LogP contribution in [0.5, 0.6) is 0 Å². The molecule has 0 aliphatic heterocycles. The van der Waals surface area contributed by atoms with E-state index in [4.69, 9.17) is 0 Å². The lowest BCUT2D eigenvalue weighted by atomic mass is 10.7. The normalized spacial score (nSPS) is 8.57. The first kappa shape index (κ1) is 10.7. The first-order valence-electron chi connectivity index (χ1n) is 2.22. The summed E-state index contributed by atoms with van der Waals surface area (Å²) in [5, 5.41) is 0. The van der Waals surface area contributed by atoms with E-state index in [1.807, 2.05) is 0 Å². The fraction of sp³-hybridized carbons (Fsp3) is 1.00. The van der Waals surface area contributed by atoms with Crippen molar-refractivity contribution in [1.29, 1.82) is 0 Å². The predicted octanol–water partition coefficient (Wildman–Crippen LogP) is 2.06. The highest BCUT2D eigenvalue weighted by molar-refractivity contribution is 9.07. The highest BCUT2D eigenvalue weighted by Crippen LogP contribution is 1.91. The Balaban J connectivity index is 0. The molecule has 0 radical (unpaired) electrons. The summed E-state index contributed by atoms with van der Waals surface area (Å²) in [6, 6.07) is 0. The Kier molecular flexibility index (Phi) is 10.3. The van der Waals surface area contributed by atoms with Gasteiger partial charge in [-0.15, -0.1) is 12.4 Å². The van der Waals surface area contributed by atoms with Gasteiger partial charge in [-0.05, 0) is 0 Å². The third kappa shape index (κ3) is 6.73. The maximum absolute atomic E-state index is 3.31. The second-order valence-corrected chi connectivity index (χ2v) is 2.10. The molecule has 3 heteroatoms. The van der Waals surface area contributed by atoms with Crippen LogP contribution < -0.4 is 0 Å². The Morgan fingerprint density at radius 2 is 1.57 bits per heavy atom. The van der Waals surface area contributed by atoms with Crippen molar-refractivity contribution in [2.45, 2.75) is 13.8 Å². The number of halogens is 2. The molecule has 0 N–H and O–H groups in total. The van der Waals surface area contributed by atoms with Gasteiger partial charge >= 0.3 is 0 Å². The summed E-state index contributed by atoms with van der Waals surface area (Å²) >= 11 is 3.31. The second kappa shape index (κ2) is 6.73. The molecule has 46 valence electrons. The highest BCUT2D eigenvalue weighted by Gasteiger charge is 1.84. The zero-order chi connectivity index (χ0) is 4.99. The maximum Gasteiger partial charge on any atom is 0.0119 e. The summed E-state index contributed by atoms with van der Waals surface area (Å²) in [5.74, 6) is 0. The molecule has 0 amide bonds. The van der Waals surface area contributed by atoms with Gasteiger partial charge in [-0.2, -0.15) is 0 Å². The van der Waals surface area contributed by atoms with E-state index in [9.17, 15) is 0 Å². The van der Waals surface area contributed by atoms with Gasteiger partial charge in [-0.3, -0.25) is 0 Å². The minimum absolute atomic E-state index is 0. The van der Waals surface area contributed by atoms with Gasteiger partial charge in [0.15, 0.2) is 0 Å². The first-order valence-corrected chi connectivity index (χ1v) is 2.92. The Hall–Kier alpha value is 0.730. The molecule has 0 aliphatic carbocycles. The summed E-state index contributed by atoms with van der Waals surface area (Å²) in [6.45, 7) is 6.38. The van der Waals surface area contributed by atoms with Crippen molar-refractivity contribution < 1.29 is 0 Å². The Labute approximate surface area is 59.8 Å². The highest BCUT2D eigenvalue weighted by atomic mass is 79.9. The third-order valence-corrected chi connectivity index (χ3v) is 1.69. The lowest BCUT2D eigenvalue weighted by Gasteiger charge is -2.03. The van der Waals surface area contributed by atoms with Gasteiger partial charge in [0.1, 0.15) is 0 Å². The van der Waals surface area contributed by atoms with E-state index in [2.05, 4.69) is 33.9 Å². The van der Waals surface area contributed by atoms with Crippen LogP contribution in [0.1, 0.15) is 13.8 Å². The number of rotatable bonds is 2. The van der Waals surface area contributed by atoms with Crippen molar-refractivity contribution in [3.8, 4) is 0 Å². The molecule has 0 aromatic carbocycles. The molecule has 0 aromatic rings.